The highest BCUT2D eigenvalue weighted by Crippen LogP contribution is 2.24. The number of hydrogen-bond donors (Lipinski definition) is 1. The van der Waals surface area contributed by atoms with Crippen LogP contribution < -0.4 is 5.32 Å². The Balaban J connectivity index is 2.17. The van der Waals surface area contributed by atoms with Gasteiger partial charge in [0.2, 0.25) is 0 Å². The zero-order valence-corrected chi connectivity index (χ0v) is 9.96. The summed E-state index contributed by atoms with van der Waals surface area (Å²) in [6, 6.07) is 6.28. The summed E-state index contributed by atoms with van der Waals surface area (Å²) in [6.07, 6.45) is 1.75. The number of aromatic nitrogens is 1. The lowest BCUT2D eigenvalue weighted by molar-refractivity contribution is 0.627. The molecular formula is C12H10FN3S. The highest BCUT2D eigenvalue weighted by molar-refractivity contribution is 7.09. The van der Waals surface area contributed by atoms with E-state index in [1.165, 1.54) is 17.4 Å². The Labute approximate surface area is 103 Å². The summed E-state index contributed by atoms with van der Waals surface area (Å²) in [5.41, 5.74) is 2.45. The van der Waals surface area contributed by atoms with Gasteiger partial charge < -0.3 is 5.32 Å². The standard InChI is InChI=1S/C12H10FN3S/c1-8(12-6-15-7-17-12)16-11-3-2-9(5-14)4-10(11)13/h2-4,6-8,16H,1H3. The quantitative estimate of drug-likeness (QED) is 0.905. The number of anilines is 1. The van der Waals surface area contributed by atoms with Gasteiger partial charge in [-0.05, 0) is 25.1 Å². The summed E-state index contributed by atoms with van der Waals surface area (Å²) in [7, 11) is 0. The molecule has 5 heteroatoms. The predicted octanol–water partition coefficient (Wildman–Crippen LogP) is 3.33. The zero-order chi connectivity index (χ0) is 12.3. The largest absolute Gasteiger partial charge is 0.375 e. The average molecular weight is 247 g/mol. The molecule has 2 rings (SSSR count). The van der Waals surface area contributed by atoms with Crippen molar-refractivity contribution in [3.05, 3.63) is 46.2 Å². The lowest BCUT2D eigenvalue weighted by Gasteiger charge is -2.13. The number of benzene rings is 1. The van der Waals surface area contributed by atoms with Crippen LogP contribution in [0.5, 0.6) is 0 Å². The van der Waals surface area contributed by atoms with Gasteiger partial charge in [0, 0.05) is 11.1 Å². The van der Waals surface area contributed by atoms with Crippen LogP contribution >= 0.6 is 11.3 Å². The van der Waals surface area contributed by atoms with E-state index in [2.05, 4.69) is 10.3 Å². The minimum Gasteiger partial charge on any atom is -0.375 e. The Kier molecular flexibility index (Phi) is 3.35. The molecule has 0 saturated heterocycles. The molecule has 0 radical (unpaired) electrons. The van der Waals surface area contributed by atoms with Gasteiger partial charge in [-0.1, -0.05) is 0 Å². The third kappa shape index (κ3) is 2.60. The van der Waals surface area contributed by atoms with E-state index < -0.39 is 5.82 Å². The normalized spacial score (nSPS) is 11.8. The van der Waals surface area contributed by atoms with Gasteiger partial charge in [0.25, 0.3) is 0 Å². The Morgan fingerprint density at radius 1 is 1.53 bits per heavy atom. The molecule has 0 bridgehead atoms. The second kappa shape index (κ2) is 4.93. The van der Waals surface area contributed by atoms with Crippen LogP contribution in [0.3, 0.4) is 0 Å². The molecule has 17 heavy (non-hydrogen) atoms. The van der Waals surface area contributed by atoms with Gasteiger partial charge in [0.15, 0.2) is 0 Å². The maximum Gasteiger partial charge on any atom is 0.147 e. The molecule has 0 saturated carbocycles. The Morgan fingerprint density at radius 3 is 2.94 bits per heavy atom. The fraction of sp³-hybridized carbons (Fsp3) is 0.167. The molecule has 1 atom stereocenters. The molecule has 2 aromatic rings. The second-order valence-corrected chi connectivity index (χ2v) is 4.49. The van der Waals surface area contributed by atoms with Crippen molar-refractivity contribution in [2.24, 2.45) is 0 Å². The molecular weight excluding hydrogens is 237 g/mol. The minimum atomic E-state index is -0.416. The lowest BCUT2D eigenvalue weighted by Crippen LogP contribution is -2.06. The van der Waals surface area contributed by atoms with Crippen LogP contribution in [0.25, 0.3) is 0 Å². The van der Waals surface area contributed by atoms with Gasteiger partial charge in [-0.25, -0.2) is 4.39 Å². The van der Waals surface area contributed by atoms with Crippen molar-refractivity contribution < 1.29 is 4.39 Å². The van der Waals surface area contributed by atoms with Gasteiger partial charge >= 0.3 is 0 Å². The third-order valence-corrected chi connectivity index (χ3v) is 3.31. The summed E-state index contributed by atoms with van der Waals surface area (Å²) in [5, 5.41) is 11.7. The highest BCUT2D eigenvalue weighted by atomic mass is 32.1. The van der Waals surface area contributed by atoms with E-state index in [1.54, 1.807) is 23.8 Å². The molecule has 0 aliphatic rings. The summed E-state index contributed by atoms with van der Waals surface area (Å²) < 4.78 is 13.6. The Morgan fingerprint density at radius 2 is 2.35 bits per heavy atom. The van der Waals surface area contributed by atoms with E-state index in [9.17, 15) is 4.39 Å². The molecule has 1 aromatic carbocycles. The van der Waals surface area contributed by atoms with Gasteiger partial charge in [-0.2, -0.15) is 5.26 Å². The molecule has 1 aromatic heterocycles. The fourth-order valence-electron chi connectivity index (χ4n) is 1.45. The molecule has 1 heterocycles. The number of halogens is 1. The smallest absolute Gasteiger partial charge is 0.147 e. The molecule has 1 unspecified atom stereocenters. The van der Waals surface area contributed by atoms with Crippen LogP contribution in [0, 0.1) is 17.1 Å². The van der Waals surface area contributed by atoms with Crippen molar-refractivity contribution in [2.75, 3.05) is 5.32 Å². The van der Waals surface area contributed by atoms with E-state index >= 15 is 0 Å². The Bertz CT molecular complexity index is 545. The molecule has 0 aliphatic heterocycles. The average Bonchev–Trinajstić information content (AvgIpc) is 2.85. The number of hydrogen-bond acceptors (Lipinski definition) is 4. The molecule has 1 N–H and O–H groups in total. The maximum atomic E-state index is 13.6. The number of thiazole rings is 1. The minimum absolute atomic E-state index is 0.00932. The molecule has 0 amide bonds. The van der Waals surface area contributed by atoms with Crippen molar-refractivity contribution in [3.8, 4) is 6.07 Å². The van der Waals surface area contributed by atoms with Crippen LogP contribution in [-0.2, 0) is 0 Å². The molecule has 0 spiro atoms. The van der Waals surface area contributed by atoms with Gasteiger partial charge in [0.05, 0.1) is 28.9 Å². The summed E-state index contributed by atoms with van der Waals surface area (Å²) in [6.45, 7) is 1.94. The van der Waals surface area contributed by atoms with E-state index in [0.717, 1.165) is 4.88 Å². The van der Waals surface area contributed by atoms with Crippen LogP contribution in [-0.4, -0.2) is 4.98 Å². The first-order chi connectivity index (χ1) is 8.20. The third-order valence-electron chi connectivity index (χ3n) is 2.35. The van der Waals surface area contributed by atoms with Gasteiger partial charge in [-0.15, -0.1) is 11.3 Å². The fourth-order valence-corrected chi connectivity index (χ4v) is 2.07. The first-order valence-corrected chi connectivity index (χ1v) is 5.93. The maximum absolute atomic E-state index is 13.6. The first-order valence-electron chi connectivity index (χ1n) is 5.05. The number of rotatable bonds is 3. The van der Waals surface area contributed by atoms with E-state index in [4.69, 9.17) is 5.26 Å². The van der Waals surface area contributed by atoms with Crippen LogP contribution in [0.4, 0.5) is 10.1 Å². The van der Waals surface area contributed by atoms with Gasteiger partial charge in [-0.3, -0.25) is 4.98 Å². The van der Waals surface area contributed by atoms with Gasteiger partial charge in [0.1, 0.15) is 5.82 Å². The lowest BCUT2D eigenvalue weighted by atomic mass is 10.2. The van der Waals surface area contributed by atoms with Crippen LogP contribution in [0.15, 0.2) is 29.9 Å². The van der Waals surface area contributed by atoms with Crippen molar-refractivity contribution in [1.82, 2.24) is 4.98 Å². The van der Waals surface area contributed by atoms with Crippen molar-refractivity contribution in [3.63, 3.8) is 0 Å². The number of nitriles is 1. The monoisotopic (exact) mass is 247 g/mol. The highest BCUT2D eigenvalue weighted by Gasteiger charge is 2.10. The van der Waals surface area contributed by atoms with E-state index in [-0.39, 0.29) is 6.04 Å². The summed E-state index contributed by atoms with van der Waals surface area (Å²) >= 11 is 1.52. The molecule has 0 aliphatic carbocycles. The van der Waals surface area contributed by atoms with Crippen LogP contribution in [0.2, 0.25) is 0 Å². The second-order valence-electron chi connectivity index (χ2n) is 3.58. The molecule has 3 nitrogen and oxygen atoms in total. The first kappa shape index (κ1) is 11.6. The van der Waals surface area contributed by atoms with Crippen LogP contribution in [0.1, 0.15) is 23.4 Å². The zero-order valence-electron chi connectivity index (χ0n) is 9.14. The predicted molar refractivity (Wildman–Crippen MR) is 65.3 cm³/mol. The summed E-state index contributed by atoms with van der Waals surface area (Å²) in [4.78, 5) is 5.01. The Hall–Kier alpha value is -1.93. The van der Waals surface area contributed by atoms with Crippen molar-refractivity contribution in [1.29, 1.82) is 5.26 Å². The molecule has 86 valence electrons. The molecule has 0 fully saturated rings. The number of nitrogens with one attached hydrogen (secondary N) is 1. The summed E-state index contributed by atoms with van der Waals surface area (Å²) in [5.74, 6) is -0.416. The van der Waals surface area contributed by atoms with E-state index in [0.29, 0.717) is 11.3 Å². The van der Waals surface area contributed by atoms with Crippen molar-refractivity contribution in [2.45, 2.75) is 13.0 Å². The SMILES string of the molecule is CC(Nc1ccc(C#N)cc1F)c1cncs1. The van der Waals surface area contributed by atoms with Crippen molar-refractivity contribution >= 4 is 17.0 Å². The topological polar surface area (TPSA) is 48.7 Å². The van der Waals surface area contributed by atoms with E-state index in [1.807, 2.05) is 13.0 Å². The number of nitrogens with zero attached hydrogens (tertiary/aromatic N) is 2.